The van der Waals surface area contributed by atoms with Crippen molar-refractivity contribution in [3.63, 3.8) is 0 Å². The first-order valence-electron chi connectivity index (χ1n) is 7.77. The number of hydrogen-bond acceptors (Lipinski definition) is 4. The Kier molecular flexibility index (Phi) is 3.61. The van der Waals surface area contributed by atoms with Gasteiger partial charge in [-0.05, 0) is 31.9 Å². The average Bonchev–Trinajstić information content (AvgIpc) is 3.01. The summed E-state index contributed by atoms with van der Waals surface area (Å²) in [4.78, 5) is 24.9. The van der Waals surface area contributed by atoms with Crippen LogP contribution in [-0.2, 0) is 9.59 Å². The molecule has 3 aliphatic heterocycles. The van der Waals surface area contributed by atoms with Crippen molar-refractivity contribution in [1.29, 1.82) is 0 Å². The second kappa shape index (κ2) is 5.21. The number of β-lactam (4-membered cyclic amide) rings is 1. The highest BCUT2D eigenvalue weighted by molar-refractivity contribution is 5.99. The zero-order valence-electron chi connectivity index (χ0n) is 12.9. The Hall–Kier alpha value is -1.66. The zero-order valence-corrected chi connectivity index (χ0v) is 12.9. The van der Waals surface area contributed by atoms with Crippen LogP contribution in [0.4, 0.5) is 0 Å². The van der Waals surface area contributed by atoms with Gasteiger partial charge in [-0.1, -0.05) is 19.1 Å². The van der Waals surface area contributed by atoms with Gasteiger partial charge in [-0.2, -0.15) is 0 Å². The van der Waals surface area contributed by atoms with Gasteiger partial charge >= 0.3 is 5.97 Å². The number of aliphatic carboxylic acids is 1. The van der Waals surface area contributed by atoms with Crippen molar-refractivity contribution in [2.75, 3.05) is 6.54 Å². The van der Waals surface area contributed by atoms with Gasteiger partial charge in [0.15, 0.2) is 0 Å². The third-order valence-corrected chi connectivity index (χ3v) is 5.38. The summed E-state index contributed by atoms with van der Waals surface area (Å²) in [5, 5.41) is 23.1. The highest BCUT2D eigenvalue weighted by atomic mass is 16.4. The van der Waals surface area contributed by atoms with Gasteiger partial charge in [0.25, 0.3) is 0 Å². The molecule has 6 heteroatoms. The molecule has 120 valence electrons. The van der Waals surface area contributed by atoms with Crippen molar-refractivity contribution in [2.24, 2.45) is 5.41 Å². The van der Waals surface area contributed by atoms with Crippen LogP contribution in [-0.4, -0.2) is 51.7 Å². The van der Waals surface area contributed by atoms with Crippen molar-refractivity contribution in [1.82, 2.24) is 10.2 Å². The van der Waals surface area contributed by atoms with Crippen LogP contribution in [0.2, 0.25) is 0 Å². The first-order valence-corrected chi connectivity index (χ1v) is 7.77. The van der Waals surface area contributed by atoms with Crippen molar-refractivity contribution in [3.05, 3.63) is 23.4 Å². The van der Waals surface area contributed by atoms with Crippen molar-refractivity contribution in [3.8, 4) is 0 Å². The minimum absolute atomic E-state index is 0.0268. The van der Waals surface area contributed by atoms with Crippen molar-refractivity contribution in [2.45, 2.75) is 51.3 Å². The first kappa shape index (κ1) is 15.2. The fraction of sp³-hybridized carbons (Fsp3) is 0.625. The molecule has 0 unspecified atom stereocenters. The van der Waals surface area contributed by atoms with Gasteiger partial charge in [0, 0.05) is 17.9 Å². The molecular formula is C16H22N2O4. The second-order valence-corrected chi connectivity index (χ2v) is 6.57. The maximum Gasteiger partial charge on any atom is 0.352 e. The lowest BCUT2D eigenvalue weighted by molar-refractivity contribution is -0.152. The molecule has 3 rings (SSSR count). The number of nitrogens with zero attached hydrogens (tertiary/aromatic N) is 1. The highest BCUT2D eigenvalue weighted by Gasteiger charge is 2.60. The Morgan fingerprint density at radius 1 is 1.55 bits per heavy atom. The number of carbonyl (C=O) groups excluding carboxylic acids is 1. The number of amides is 1. The average molecular weight is 306 g/mol. The lowest BCUT2D eigenvalue weighted by Crippen LogP contribution is -2.57. The molecule has 6 nitrogen and oxygen atoms in total. The van der Waals surface area contributed by atoms with Crippen LogP contribution in [0, 0.1) is 5.41 Å². The van der Waals surface area contributed by atoms with E-state index in [1.807, 2.05) is 13.0 Å². The summed E-state index contributed by atoms with van der Waals surface area (Å²) in [7, 11) is 0. The number of aliphatic hydroxyl groups is 1. The topological polar surface area (TPSA) is 89.9 Å². The van der Waals surface area contributed by atoms with Crippen LogP contribution >= 0.6 is 0 Å². The quantitative estimate of drug-likeness (QED) is 0.663. The SMILES string of the molecule is C[C@@H](O)[C@@]1(C)C(C=C[C@@H]2CCCN2)=C(C(=O)O)N2C(=O)C[C@@H]21. The zero-order chi connectivity index (χ0) is 16.1. The number of hydrogen-bond donors (Lipinski definition) is 3. The van der Waals surface area contributed by atoms with E-state index in [1.165, 1.54) is 4.90 Å². The van der Waals surface area contributed by atoms with Crippen LogP contribution in [0.25, 0.3) is 0 Å². The van der Waals surface area contributed by atoms with Gasteiger partial charge in [0.05, 0.1) is 12.1 Å². The number of nitrogens with one attached hydrogen (secondary N) is 1. The van der Waals surface area contributed by atoms with Crippen LogP contribution in [0.1, 0.15) is 33.1 Å². The Labute approximate surface area is 129 Å². The molecule has 0 saturated carbocycles. The van der Waals surface area contributed by atoms with E-state index in [2.05, 4.69) is 5.32 Å². The molecular weight excluding hydrogens is 284 g/mol. The number of rotatable bonds is 4. The fourth-order valence-electron chi connectivity index (χ4n) is 3.81. The van der Waals surface area contributed by atoms with E-state index in [0.717, 1.165) is 19.4 Å². The largest absolute Gasteiger partial charge is 0.477 e. The highest BCUT2D eigenvalue weighted by Crippen LogP contribution is 2.53. The molecule has 4 atom stereocenters. The number of allylic oxidation sites excluding steroid dienone is 1. The summed E-state index contributed by atoms with van der Waals surface area (Å²) < 4.78 is 0. The lowest BCUT2D eigenvalue weighted by Gasteiger charge is -2.45. The summed E-state index contributed by atoms with van der Waals surface area (Å²) in [5.74, 6) is -1.29. The summed E-state index contributed by atoms with van der Waals surface area (Å²) in [6, 6.07) is -0.0352. The van der Waals surface area contributed by atoms with E-state index in [9.17, 15) is 19.8 Å². The lowest BCUT2D eigenvalue weighted by atomic mass is 9.70. The van der Waals surface area contributed by atoms with Gasteiger partial charge in [-0.15, -0.1) is 0 Å². The molecule has 2 saturated heterocycles. The summed E-state index contributed by atoms with van der Waals surface area (Å²) in [5.41, 5.74) is -0.157. The van der Waals surface area contributed by atoms with E-state index in [0.29, 0.717) is 5.57 Å². The first-order chi connectivity index (χ1) is 10.4. The van der Waals surface area contributed by atoms with E-state index in [-0.39, 0.29) is 30.1 Å². The molecule has 0 radical (unpaired) electrons. The molecule has 0 aromatic rings. The van der Waals surface area contributed by atoms with Crippen LogP contribution in [0.15, 0.2) is 23.4 Å². The minimum atomic E-state index is -1.11. The van der Waals surface area contributed by atoms with Crippen molar-refractivity contribution >= 4 is 11.9 Å². The van der Waals surface area contributed by atoms with Crippen LogP contribution in [0.5, 0.6) is 0 Å². The van der Waals surface area contributed by atoms with E-state index in [4.69, 9.17) is 0 Å². The van der Waals surface area contributed by atoms with E-state index in [1.54, 1.807) is 13.0 Å². The molecule has 0 aromatic heterocycles. The van der Waals surface area contributed by atoms with Crippen LogP contribution < -0.4 is 5.32 Å². The molecule has 2 fully saturated rings. The van der Waals surface area contributed by atoms with Gasteiger partial charge in [-0.25, -0.2) is 4.79 Å². The maximum atomic E-state index is 11.9. The third kappa shape index (κ3) is 2.01. The van der Waals surface area contributed by atoms with Crippen molar-refractivity contribution < 1.29 is 19.8 Å². The summed E-state index contributed by atoms with van der Waals surface area (Å²) >= 11 is 0. The monoisotopic (exact) mass is 306 g/mol. The van der Waals surface area contributed by atoms with Gasteiger partial charge in [0.1, 0.15) is 5.70 Å². The molecule has 0 bridgehead atoms. The number of aliphatic hydroxyl groups excluding tert-OH is 1. The Balaban J connectivity index is 2.03. The molecule has 0 spiro atoms. The van der Waals surface area contributed by atoms with Gasteiger partial charge in [0.2, 0.25) is 5.91 Å². The van der Waals surface area contributed by atoms with E-state index < -0.39 is 17.5 Å². The second-order valence-electron chi connectivity index (χ2n) is 6.57. The van der Waals surface area contributed by atoms with Gasteiger partial charge < -0.3 is 20.4 Å². The molecule has 3 aliphatic rings. The predicted octanol–water partition coefficient (Wildman–Crippen LogP) is 0.635. The number of carbonyl (C=O) groups is 2. The molecule has 0 aromatic carbocycles. The normalized spacial score (nSPS) is 36.0. The number of carboxylic acid groups (broad SMARTS) is 1. The Bertz CT molecular complexity index is 575. The summed E-state index contributed by atoms with van der Waals surface area (Å²) in [6.45, 7) is 4.47. The summed E-state index contributed by atoms with van der Waals surface area (Å²) in [6.07, 6.45) is 5.43. The standard InChI is InChI=1S/C16H22N2O4/c1-9(19)16(2)11(6-5-10-4-3-7-17-10)14(15(21)22)18-12(16)8-13(18)20/h5-6,9-10,12,17,19H,3-4,7-8H2,1-2H3,(H,21,22)/t9-,10+,12-,16+/m1/s1. The smallest absolute Gasteiger partial charge is 0.352 e. The number of carboxylic acids is 1. The van der Waals surface area contributed by atoms with Gasteiger partial charge in [-0.3, -0.25) is 4.79 Å². The number of fused-ring (bicyclic) bond motifs is 1. The molecule has 1 amide bonds. The van der Waals surface area contributed by atoms with Crippen LogP contribution in [0.3, 0.4) is 0 Å². The molecule has 22 heavy (non-hydrogen) atoms. The fourth-order valence-corrected chi connectivity index (χ4v) is 3.81. The van der Waals surface area contributed by atoms with E-state index >= 15 is 0 Å². The minimum Gasteiger partial charge on any atom is -0.477 e. The molecule has 3 heterocycles. The molecule has 0 aliphatic carbocycles. The third-order valence-electron chi connectivity index (χ3n) is 5.38. The predicted molar refractivity (Wildman–Crippen MR) is 79.9 cm³/mol. The molecule has 3 N–H and O–H groups in total. The Morgan fingerprint density at radius 3 is 2.77 bits per heavy atom. The maximum absolute atomic E-state index is 11.9. The Morgan fingerprint density at radius 2 is 2.27 bits per heavy atom.